The number of hydrogen-bond acceptors (Lipinski definition) is 4. The molecule has 1 saturated carbocycles. The highest BCUT2D eigenvalue weighted by atomic mass is 35.7. The van der Waals surface area contributed by atoms with Gasteiger partial charge in [0.1, 0.15) is 11.9 Å². The Morgan fingerprint density at radius 3 is 2.60 bits per heavy atom. The summed E-state index contributed by atoms with van der Waals surface area (Å²) in [7, 11) is 1.38. The van der Waals surface area contributed by atoms with Crippen LogP contribution in [0.3, 0.4) is 0 Å². The van der Waals surface area contributed by atoms with Crippen LogP contribution in [0.5, 0.6) is 0 Å². The van der Waals surface area contributed by atoms with E-state index in [1.165, 1.54) is 10.8 Å². The van der Waals surface area contributed by atoms with Crippen molar-refractivity contribution >= 4 is 25.6 Å². The van der Waals surface area contributed by atoms with Crippen molar-refractivity contribution in [3.05, 3.63) is 12.0 Å². The van der Waals surface area contributed by atoms with Crippen LogP contribution in [0.2, 0.25) is 0 Å². The van der Waals surface area contributed by atoms with Crippen LogP contribution in [0, 0.1) is 6.92 Å². The SMILES string of the molecule is Cc1nc(S(=O)(=O)Cl)cn1C(C)C(=O)NC1CCCC1. The average Bonchev–Trinajstić information content (AvgIpc) is 2.96. The van der Waals surface area contributed by atoms with Gasteiger partial charge in [-0.05, 0) is 26.7 Å². The van der Waals surface area contributed by atoms with Gasteiger partial charge in [0.25, 0.3) is 9.05 Å². The summed E-state index contributed by atoms with van der Waals surface area (Å²) in [4.78, 5) is 16.0. The fourth-order valence-electron chi connectivity index (χ4n) is 2.49. The van der Waals surface area contributed by atoms with E-state index in [1.807, 2.05) is 0 Å². The van der Waals surface area contributed by atoms with Crippen molar-refractivity contribution < 1.29 is 13.2 Å². The molecule has 8 heteroatoms. The predicted molar refractivity (Wildman–Crippen MR) is 75.1 cm³/mol. The van der Waals surface area contributed by atoms with Gasteiger partial charge in [0.2, 0.25) is 5.91 Å². The number of nitrogens with zero attached hydrogens (tertiary/aromatic N) is 2. The van der Waals surface area contributed by atoms with Crippen LogP contribution in [-0.4, -0.2) is 29.9 Å². The molecule has 0 aromatic carbocycles. The van der Waals surface area contributed by atoms with Gasteiger partial charge in [-0.25, -0.2) is 13.4 Å². The maximum absolute atomic E-state index is 12.2. The Hall–Kier alpha value is -1.08. The van der Waals surface area contributed by atoms with Crippen LogP contribution in [0.25, 0.3) is 0 Å². The molecule has 0 saturated heterocycles. The zero-order valence-electron chi connectivity index (χ0n) is 11.5. The third-order valence-electron chi connectivity index (χ3n) is 3.64. The Kier molecular flexibility index (Phi) is 4.39. The van der Waals surface area contributed by atoms with Crippen molar-refractivity contribution in [2.75, 3.05) is 0 Å². The van der Waals surface area contributed by atoms with Gasteiger partial charge >= 0.3 is 0 Å². The Morgan fingerprint density at radius 2 is 2.10 bits per heavy atom. The first kappa shape index (κ1) is 15.3. The lowest BCUT2D eigenvalue weighted by Crippen LogP contribution is -2.37. The van der Waals surface area contributed by atoms with Crippen molar-refractivity contribution in [2.24, 2.45) is 0 Å². The molecule has 1 atom stereocenters. The van der Waals surface area contributed by atoms with Crippen LogP contribution in [0.4, 0.5) is 0 Å². The minimum atomic E-state index is -3.88. The zero-order chi connectivity index (χ0) is 14.9. The van der Waals surface area contributed by atoms with Gasteiger partial charge in [0.05, 0.1) is 0 Å². The lowest BCUT2D eigenvalue weighted by Gasteiger charge is -2.18. The molecular formula is C12H18ClN3O3S. The number of carbonyl (C=O) groups excluding carboxylic acids is 1. The van der Waals surface area contributed by atoms with Gasteiger partial charge < -0.3 is 9.88 Å². The summed E-state index contributed by atoms with van der Waals surface area (Å²) in [5.41, 5.74) is 0. The van der Waals surface area contributed by atoms with E-state index in [0.29, 0.717) is 5.82 Å². The van der Waals surface area contributed by atoms with E-state index in [0.717, 1.165) is 25.7 Å². The summed E-state index contributed by atoms with van der Waals surface area (Å²) >= 11 is 0. The summed E-state index contributed by atoms with van der Waals surface area (Å²) in [5, 5.41) is 2.76. The highest BCUT2D eigenvalue weighted by molar-refractivity contribution is 8.13. The molecule has 20 heavy (non-hydrogen) atoms. The van der Waals surface area contributed by atoms with Crippen molar-refractivity contribution in [3.8, 4) is 0 Å². The molecule has 1 fully saturated rings. The second-order valence-electron chi connectivity index (χ2n) is 5.14. The first-order valence-electron chi connectivity index (χ1n) is 6.59. The molecule has 2 rings (SSSR count). The first-order valence-corrected chi connectivity index (χ1v) is 8.90. The summed E-state index contributed by atoms with van der Waals surface area (Å²) in [6.07, 6.45) is 5.58. The van der Waals surface area contributed by atoms with E-state index in [-0.39, 0.29) is 17.0 Å². The third kappa shape index (κ3) is 3.32. The van der Waals surface area contributed by atoms with E-state index in [9.17, 15) is 13.2 Å². The zero-order valence-corrected chi connectivity index (χ0v) is 13.0. The first-order chi connectivity index (χ1) is 9.29. The van der Waals surface area contributed by atoms with E-state index >= 15 is 0 Å². The number of carbonyl (C=O) groups is 1. The number of aryl methyl sites for hydroxylation is 1. The number of halogens is 1. The second kappa shape index (κ2) is 5.73. The normalized spacial score (nSPS) is 18.1. The minimum absolute atomic E-state index is 0.129. The number of amides is 1. The van der Waals surface area contributed by atoms with E-state index in [2.05, 4.69) is 10.3 Å². The molecule has 1 aromatic rings. The van der Waals surface area contributed by atoms with Crippen molar-refractivity contribution in [2.45, 2.75) is 56.6 Å². The molecule has 1 aliphatic carbocycles. The molecule has 0 bridgehead atoms. The van der Waals surface area contributed by atoms with E-state index in [4.69, 9.17) is 10.7 Å². The average molecular weight is 320 g/mol. The number of hydrogen-bond donors (Lipinski definition) is 1. The summed E-state index contributed by atoms with van der Waals surface area (Å²) in [6, 6.07) is -0.291. The number of nitrogens with one attached hydrogen (secondary N) is 1. The maximum atomic E-state index is 12.2. The van der Waals surface area contributed by atoms with Crippen molar-refractivity contribution in [1.82, 2.24) is 14.9 Å². The molecule has 1 amide bonds. The van der Waals surface area contributed by atoms with Gasteiger partial charge in [-0.2, -0.15) is 0 Å². The van der Waals surface area contributed by atoms with Crippen LogP contribution in [0.1, 0.15) is 44.5 Å². The number of rotatable bonds is 4. The maximum Gasteiger partial charge on any atom is 0.280 e. The second-order valence-corrected chi connectivity index (χ2v) is 7.65. The predicted octanol–water partition coefficient (Wildman–Crippen LogP) is 1.74. The fourth-order valence-corrected chi connectivity index (χ4v) is 3.19. The van der Waals surface area contributed by atoms with Crippen molar-refractivity contribution in [1.29, 1.82) is 0 Å². The van der Waals surface area contributed by atoms with Crippen LogP contribution < -0.4 is 5.32 Å². The van der Waals surface area contributed by atoms with Gasteiger partial charge in [-0.3, -0.25) is 4.79 Å². The molecule has 0 spiro atoms. The Balaban J connectivity index is 2.14. The fraction of sp³-hybridized carbons (Fsp3) is 0.667. The minimum Gasteiger partial charge on any atom is -0.352 e. The molecule has 6 nitrogen and oxygen atoms in total. The van der Waals surface area contributed by atoms with Crippen LogP contribution >= 0.6 is 10.7 Å². The van der Waals surface area contributed by atoms with Gasteiger partial charge in [0.15, 0.2) is 5.03 Å². The molecule has 1 N–H and O–H groups in total. The van der Waals surface area contributed by atoms with E-state index < -0.39 is 15.1 Å². The van der Waals surface area contributed by atoms with E-state index in [1.54, 1.807) is 13.8 Å². The monoisotopic (exact) mass is 319 g/mol. The lowest BCUT2D eigenvalue weighted by atomic mass is 10.2. The standard InChI is InChI=1S/C12H18ClN3O3S/c1-8(12(17)15-10-5-3-4-6-10)16-7-11(14-9(16)2)20(13,18)19/h7-8,10H,3-6H2,1-2H3,(H,15,17). The highest BCUT2D eigenvalue weighted by Gasteiger charge is 2.24. The van der Waals surface area contributed by atoms with Gasteiger partial charge in [-0.15, -0.1) is 0 Å². The van der Waals surface area contributed by atoms with Gasteiger partial charge in [0, 0.05) is 22.9 Å². The Morgan fingerprint density at radius 1 is 1.50 bits per heavy atom. The van der Waals surface area contributed by atoms with Crippen LogP contribution in [-0.2, 0) is 13.8 Å². The molecule has 1 aliphatic rings. The van der Waals surface area contributed by atoms with Crippen molar-refractivity contribution in [3.63, 3.8) is 0 Å². The summed E-state index contributed by atoms with van der Waals surface area (Å²) in [5.74, 6) is 0.314. The molecule has 112 valence electrons. The molecule has 1 heterocycles. The smallest absolute Gasteiger partial charge is 0.280 e. The molecule has 1 unspecified atom stereocenters. The molecule has 1 aromatic heterocycles. The Bertz CT molecular complexity index is 605. The molecule has 0 radical (unpaired) electrons. The number of aromatic nitrogens is 2. The largest absolute Gasteiger partial charge is 0.352 e. The topological polar surface area (TPSA) is 81.1 Å². The summed E-state index contributed by atoms with van der Waals surface area (Å²) in [6.45, 7) is 3.36. The van der Waals surface area contributed by atoms with Gasteiger partial charge in [-0.1, -0.05) is 12.8 Å². The highest BCUT2D eigenvalue weighted by Crippen LogP contribution is 2.21. The summed E-state index contributed by atoms with van der Waals surface area (Å²) < 4.78 is 24.0. The third-order valence-corrected chi connectivity index (χ3v) is 4.81. The quantitative estimate of drug-likeness (QED) is 0.857. The number of imidazole rings is 1. The van der Waals surface area contributed by atoms with Crippen LogP contribution in [0.15, 0.2) is 11.2 Å². The lowest BCUT2D eigenvalue weighted by molar-refractivity contribution is -0.124. The Labute approximate surface area is 122 Å². The molecule has 0 aliphatic heterocycles. The molecular weight excluding hydrogens is 302 g/mol.